The summed E-state index contributed by atoms with van der Waals surface area (Å²) in [5.74, 6) is -0.970. The lowest BCUT2D eigenvalue weighted by atomic mass is 10.1. The lowest BCUT2D eigenvalue weighted by Gasteiger charge is -2.14. The maximum absolute atomic E-state index is 12.9. The molecular formula is C24H24N2O5S. The number of aryl methyl sites for hydroxylation is 1. The molecule has 0 saturated carbocycles. The minimum Gasteiger partial charge on any atom is -0.462 e. The molecule has 3 aromatic carbocycles. The minimum absolute atomic E-state index is 0.00555. The van der Waals surface area contributed by atoms with Gasteiger partial charge < -0.3 is 10.1 Å². The standard InChI is InChI=1S/C24H24N2O5S/c1-4-31-24(28)20-11-8-12-21(17(20)3)25-23(27)18-14-13-16(2)22(15-18)32(29,30)26-19-9-6-5-7-10-19/h5-15,26H,4H2,1-3H3,(H,25,27). The molecule has 3 rings (SSSR count). The molecule has 2 N–H and O–H groups in total. The average molecular weight is 453 g/mol. The van der Waals surface area contributed by atoms with Crippen molar-refractivity contribution in [3.05, 3.63) is 89.0 Å². The smallest absolute Gasteiger partial charge is 0.338 e. The van der Waals surface area contributed by atoms with Crippen molar-refractivity contribution >= 4 is 33.3 Å². The fraction of sp³-hybridized carbons (Fsp3) is 0.167. The highest BCUT2D eigenvalue weighted by Crippen LogP contribution is 2.23. The summed E-state index contributed by atoms with van der Waals surface area (Å²) in [7, 11) is -3.90. The van der Waals surface area contributed by atoms with Crippen molar-refractivity contribution in [2.75, 3.05) is 16.6 Å². The maximum atomic E-state index is 12.9. The molecule has 0 heterocycles. The van der Waals surface area contributed by atoms with E-state index in [1.54, 1.807) is 81.4 Å². The first kappa shape index (κ1) is 23.0. The van der Waals surface area contributed by atoms with Gasteiger partial charge in [0.1, 0.15) is 0 Å². The zero-order valence-corrected chi connectivity index (χ0v) is 18.8. The summed E-state index contributed by atoms with van der Waals surface area (Å²) in [6, 6.07) is 17.9. The van der Waals surface area contributed by atoms with E-state index in [2.05, 4.69) is 10.0 Å². The molecule has 3 aromatic rings. The molecule has 1 amide bonds. The largest absolute Gasteiger partial charge is 0.462 e. The highest BCUT2D eigenvalue weighted by atomic mass is 32.2. The van der Waals surface area contributed by atoms with Crippen molar-refractivity contribution in [3.63, 3.8) is 0 Å². The van der Waals surface area contributed by atoms with Crippen LogP contribution in [-0.2, 0) is 14.8 Å². The molecule has 7 nitrogen and oxygen atoms in total. The molecule has 0 aliphatic rings. The molecule has 0 bridgehead atoms. The Hall–Kier alpha value is -3.65. The topological polar surface area (TPSA) is 102 Å². The van der Waals surface area contributed by atoms with Gasteiger partial charge in [-0.25, -0.2) is 13.2 Å². The zero-order valence-electron chi connectivity index (χ0n) is 18.0. The summed E-state index contributed by atoms with van der Waals surface area (Å²) < 4.78 is 33.4. The number of benzene rings is 3. The second-order valence-electron chi connectivity index (χ2n) is 7.10. The number of anilines is 2. The second kappa shape index (κ2) is 9.65. The van der Waals surface area contributed by atoms with Crippen LogP contribution < -0.4 is 10.0 Å². The van der Waals surface area contributed by atoms with Gasteiger partial charge in [-0.1, -0.05) is 30.3 Å². The van der Waals surface area contributed by atoms with E-state index in [1.165, 1.54) is 6.07 Å². The Kier molecular flexibility index (Phi) is 6.95. The van der Waals surface area contributed by atoms with Crippen molar-refractivity contribution in [3.8, 4) is 0 Å². The third kappa shape index (κ3) is 5.15. The van der Waals surface area contributed by atoms with E-state index in [0.29, 0.717) is 28.1 Å². The lowest BCUT2D eigenvalue weighted by molar-refractivity contribution is 0.0525. The van der Waals surface area contributed by atoms with Crippen molar-refractivity contribution < 1.29 is 22.7 Å². The second-order valence-corrected chi connectivity index (χ2v) is 8.76. The quantitative estimate of drug-likeness (QED) is 0.513. The van der Waals surface area contributed by atoms with Gasteiger partial charge in [-0.05, 0) is 68.3 Å². The molecule has 0 radical (unpaired) electrons. The molecular weight excluding hydrogens is 428 g/mol. The van der Waals surface area contributed by atoms with Gasteiger partial charge in [-0.15, -0.1) is 0 Å². The minimum atomic E-state index is -3.90. The van der Waals surface area contributed by atoms with Gasteiger partial charge in [0.25, 0.3) is 15.9 Å². The number of nitrogens with one attached hydrogen (secondary N) is 2. The Balaban J connectivity index is 1.88. The molecule has 32 heavy (non-hydrogen) atoms. The fourth-order valence-electron chi connectivity index (χ4n) is 3.14. The van der Waals surface area contributed by atoms with E-state index in [0.717, 1.165) is 0 Å². The zero-order chi connectivity index (χ0) is 23.3. The Morgan fingerprint density at radius 3 is 2.34 bits per heavy atom. The van der Waals surface area contributed by atoms with Crippen LogP contribution >= 0.6 is 0 Å². The van der Waals surface area contributed by atoms with Gasteiger partial charge in [0.2, 0.25) is 0 Å². The van der Waals surface area contributed by atoms with Crippen LogP contribution in [-0.4, -0.2) is 26.9 Å². The lowest BCUT2D eigenvalue weighted by Crippen LogP contribution is -2.18. The van der Waals surface area contributed by atoms with Crippen LogP contribution in [0.3, 0.4) is 0 Å². The number of rotatable bonds is 7. The van der Waals surface area contributed by atoms with Crippen LogP contribution in [0.4, 0.5) is 11.4 Å². The van der Waals surface area contributed by atoms with Gasteiger partial charge >= 0.3 is 5.97 Å². The van der Waals surface area contributed by atoms with E-state index >= 15 is 0 Å². The van der Waals surface area contributed by atoms with E-state index in [9.17, 15) is 18.0 Å². The molecule has 0 spiro atoms. The monoisotopic (exact) mass is 452 g/mol. The van der Waals surface area contributed by atoms with E-state index < -0.39 is 21.9 Å². The van der Waals surface area contributed by atoms with Gasteiger partial charge in [0, 0.05) is 16.9 Å². The SMILES string of the molecule is CCOC(=O)c1cccc(NC(=O)c2ccc(C)c(S(=O)(=O)Nc3ccccc3)c2)c1C. The molecule has 166 valence electrons. The molecule has 0 saturated heterocycles. The predicted octanol–water partition coefficient (Wildman–Crippen LogP) is 4.53. The molecule has 8 heteroatoms. The molecule has 0 aliphatic heterocycles. The number of esters is 1. The number of ether oxygens (including phenoxy) is 1. The number of para-hydroxylation sites is 1. The molecule has 0 unspecified atom stereocenters. The summed E-state index contributed by atoms with van der Waals surface area (Å²) in [6.45, 7) is 5.33. The van der Waals surface area contributed by atoms with Crippen molar-refractivity contribution in [1.29, 1.82) is 0 Å². The molecule has 0 fully saturated rings. The average Bonchev–Trinajstić information content (AvgIpc) is 2.76. The first-order valence-electron chi connectivity index (χ1n) is 9.99. The molecule has 0 atom stereocenters. The summed E-state index contributed by atoms with van der Waals surface area (Å²) in [5, 5.41) is 2.75. The third-order valence-electron chi connectivity index (χ3n) is 4.84. The van der Waals surface area contributed by atoms with Gasteiger partial charge in [0.15, 0.2) is 0 Å². The first-order valence-corrected chi connectivity index (χ1v) is 11.5. The van der Waals surface area contributed by atoms with Crippen molar-refractivity contribution in [1.82, 2.24) is 0 Å². The highest BCUT2D eigenvalue weighted by molar-refractivity contribution is 7.92. The van der Waals surface area contributed by atoms with E-state index in [1.807, 2.05) is 0 Å². The van der Waals surface area contributed by atoms with E-state index in [-0.39, 0.29) is 17.1 Å². The van der Waals surface area contributed by atoms with Crippen molar-refractivity contribution in [2.24, 2.45) is 0 Å². The van der Waals surface area contributed by atoms with Gasteiger partial charge in [-0.3, -0.25) is 9.52 Å². The molecule has 0 aliphatic carbocycles. The number of hydrogen-bond acceptors (Lipinski definition) is 5. The number of carbonyl (C=O) groups excluding carboxylic acids is 2. The van der Waals surface area contributed by atoms with Gasteiger partial charge in [-0.2, -0.15) is 0 Å². The summed E-state index contributed by atoms with van der Waals surface area (Å²) in [4.78, 5) is 25.0. The Morgan fingerprint density at radius 2 is 1.66 bits per heavy atom. The van der Waals surface area contributed by atoms with Crippen LogP contribution in [0.5, 0.6) is 0 Å². The van der Waals surface area contributed by atoms with Crippen LogP contribution in [0.25, 0.3) is 0 Å². The third-order valence-corrected chi connectivity index (χ3v) is 6.37. The number of hydrogen-bond donors (Lipinski definition) is 2. The fourth-order valence-corrected chi connectivity index (χ4v) is 4.47. The van der Waals surface area contributed by atoms with Gasteiger partial charge in [0.05, 0.1) is 17.1 Å². The van der Waals surface area contributed by atoms with Crippen LogP contribution in [0.1, 0.15) is 38.8 Å². The van der Waals surface area contributed by atoms with Crippen LogP contribution in [0.2, 0.25) is 0 Å². The summed E-state index contributed by atoms with van der Waals surface area (Å²) in [6.07, 6.45) is 0. The number of carbonyl (C=O) groups is 2. The predicted molar refractivity (Wildman–Crippen MR) is 124 cm³/mol. The summed E-state index contributed by atoms with van der Waals surface area (Å²) >= 11 is 0. The Bertz CT molecular complexity index is 1250. The first-order chi connectivity index (χ1) is 15.2. The Morgan fingerprint density at radius 1 is 0.938 bits per heavy atom. The number of amides is 1. The summed E-state index contributed by atoms with van der Waals surface area (Å²) in [5.41, 5.74) is 2.45. The number of sulfonamides is 1. The molecule has 0 aromatic heterocycles. The normalized spacial score (nSPS) is 11.0. The Labute approximate surface area is 187 Å². The van der Waals surface area contributed by atoms with Crippen LogP contribution in [0, 0.1) is 13.8 Å². The van der Waals surface area contributed by atoms with E-state index in [4.69, 9.17) is 4.74 Å². The van der Waals surface area contributed by atoms with Crippen LogP contribution in [0.15, 0.2) is 71.6 Å². The highest BCUT2D eigenvalue weighted by Gasteiger charge is 2.20. The maximum Gasteiger partial charge on any atom is 0.338 e. The van der Waals surface area contributed by atoms with Crippen molar-refractivity contribution in [2.45, 2.75) is 25.7 Å².